The molecule has 2 aliphatic rings. The summed E-state index contributed by atoms with van der Waals surface area (Å²) in [5.74, 6) is 1.75. The fraction of sp³-hybridized carbons (Fsp3) is 0.548. The van der Waals surface area contributed by atoms with Gasteiger partial charge in [0.25, 0.3) is 0 Å². The van der Waals surface area contributed by atoms with Crippen molar-refractivity contribution in [3.8, 4) is 6.07 Å². The second-order valence-electron chi connectivity index (χ2n) is 10.1. The Morgan fingerprint density at radius 2 is 1.72 bits per heavy atom. The number of anilines is 1. The van der Waals surface area contributed by atoms with Gasteiger partial charge in [-0.05, 0) is 69.5 Å². The Morgan fingerprint density at radius 3 is 2.31 bits per heavy atom. The van der Waals surface area contributed by atoms with Gasteiger partial charge in [-0.25, -0.2) is 4.98 Å². The number of halogens is 2. The number of likely N-dealkylation sites (N-methyl/N-ethyl adjacent to an activating group) is 1. The van der Waals surface area contributed by atoms with Gasteiger partial charge in [0.1, 0.15) is 0 Å². The van der Waals surface area contributed by atoms with Gasteiger partial charge in [-0.3, -0.25) is 0 Å². The van der Waals surface area contributed by atoms with Gasteiger partial charge in [-0.2, -0.15) is 5.26 Å². The van der Waals surface area contributed by atoms with Crippen LogP contribution in [-0.2, 0) is 0 Å². The molecule has 2 heterocycles. The van der Waals surface area contributed by atoms with E-state index in [1.165, 1.54) is 45.4 Å². The molecule has 1 unspecified atom stereocenters. The number of nitriles is 1. The molecule has 1 aromatic heterocycles. The number of benzene rings is 2. The first-order chi connectivity index (χ1) is 18.4. The lowest BCUT2D eigenvalue weighted by atomic mass is 10.1. The third-order valence-electron chi connectivity index (χ3n) is 7.26. The number of rotatable bonds is 6. The minimum Gasteiger partial charge on any atom is -0.339 e. The van der Waals surface area contributed by atoms with Crippen molar-refractivity contribution in [2.24, 2.45) is 5.92 Å². The topological polar surface area (TPSA) is 62.2 Å². The van der Waals surface area contributed by atoms with Crippen LogP contribution in [0.15, 0.2) is 42.5 Å². The number of nitrogens with zero attached hydrogens (tertiary/aromatic N) is 5. The van der Waals surface area contributed by atoms with Crippen LogP contribution in [0.1, 0.15) is 59.4 Å². The zero-order valence-corrected chi connectivity index (χ0v) is 24.8. The molecule has 0 radical (unpaired) electrons. The van der Waals surface area contributed by atoms with Crippen molar-refractivity contribution in [1.29, 1.82) is 5.26 Å². The van der Waals surface area contributed by atoms with Gasteiger partial charge in [0, 0.05) is 38.8 Å². The first-order valence-corrected chi connectivity index (χ1v) is 14.7. The molecule has 1 aliphatic carbocycles. The van der Waals surface area contributed by atoms with Gasteiger partial charge in [0.2, 0.25) is 5.95 Å². The molecule has 1 N–H and O–H groups in total. The summed E-state index contributed by atoms with van der Waals surface area (Å²) in [4.78, 5) is 15.9. The van der Waals surface area contributed by atoms with Gasteiger partial charge in [0.05, 0.1) is 32.7 Å². The third-order valence-corrected chi connectivity index (χ3v) is 7.99. The summed E-state index contributed by atoms with van der Waals surface area (Å²) < 4.78 is 0. The zero-order valence-electron chi connectivity index (χ0n) is 23.3. The quantitative estimate of drug-likeness (QED) is 0.327. The number of nitrogens with one attached hydrogen (secondary N) is 1. The van der Waals surface area contributed by atoms with E-state index < -0.39 is 0 Å². The fourth-order valence-corrected chi connectivity index (χ4v) is 5.42. The van der Waals surface area contributed by atoms with Crippen molar-refractivity contribution in [2.75, 3.05) is 51.2 Å². The van der Waals surface area contributed by atoms with E-state index in [-0.39, 0.29) is 7.43 Å². The lowest BCUT2D eigenvalue weighted by Gasteiger charge is -2.34. The van der Waals surface area contributed by atoms with Crippen LogP contribution < -0.4 is 4.90 Å². The molecule has 1 saturated heterocycles. The Balaban J connectivity index is 0.000000414. The van der Waals surface area contributed by atoms with E-state index >= 15 is 0 Å². The maximum Gasteiger partial charge on any atom is 0.204 e. The van der Waals surface area contributed by atoms with Crippen molar-refractivity contribution in [1.82, 2.24) is 19.8 Å². The molecular weight excluding hydrogens is 527 g/mol. The van der Waals surface area contributed by atoms with E-state index in [0.29, 0.717) is 21.7 Å². The van der Waals surface area contributed by atoms with Crippen LogP contribution in [0.5, 0.6) is 0 Å². The highest BCUT2D eigenvalue weighted by Crippen LogP contribution is 2.33. The molecule has 1 aliphatic heterocycles. The molecule has 0 amide bonds. The number of fused-ring (bicyclic) bond motifs is 1. The third kappa shape index (κ3) is 9.69. The molecule has 8 heteroatoms. The first-order valence-electron chi connectivity index (χ1n) is 13.9. The molecule has 6 nitrogen and oxygen atoms in total. The predicted molar refractivity (Wildman–Crippen MR) is 168 cm³/mol. The van der Waals surface area contributed by atoms with E-state index in [1.54, 1.807) is 12.1 Å². The number of H-pyrrole nitrogens is 1. The fourth-order valence-electron chi connectivity index (χ4n) is 5.10. The summed E-state index contributed by atoms with van der Waals surface area (Å²) in [6.07, 6.45) is 4.95. The van der Waals surface area contributed by atoms with Gasteiger partial charge in [-0.1, -0.05) is 69.6 Å². The van der Waals surface area contributed by atoms with E-state index in [2.05, 4.69) is 33.7 Å². The van der Waals surface area contributed by atoms with Crippen molar-refractivity contribution in [3.63, 3.8) is 0 Å². The van der Waals surface area contributed by atoms with Crippen LogP contribution in [0.3, 0.4) is 0 Å². The molecule has 5 rings (SSSR count). The molecule has 214 valence electrons. The maximum absolute atomic E-state index is 8.29. The van der Waals surface area contributed by atoms with Crippen LogP contribution >= 0.6 is 23.2 Å². The second-order valence-corrected chi connectivity index (χ2v) is 10.9. The number of aromatic nitrogens is 2. The minimum atomic E-state index is 0. The van der Waals surface area contributed by atoms with Crippen LogP contribution in [0.4, 0.5) is 5.95 Å². The predicted octanol–water partition coefficient (Wildman–Crippen LogP) is 7.72. The standard InChI is InChI=1S/C21H31Cl2N5.C7H5N.C2H6.CH4/c1-15-4-5-16(12-15)28(7-3-6-27-10-8-26(2)9-11-27)21-24-19-13-17(22)18(23)14-20(19)25-21;8-6-7-4-2-1-3-5-7;1-2;/h13-16H,3-12H2,1-2H3,(H,24,25);1-5H;1-2H3;1H4/t15?,16-;;;/m1.../s1. The van der Waals surface area contributed by atoms with E-state index in [1.807, 2.05) is 50.2 Å². The molecule has 0 spiro atoms. The molecule has 0 bridgehead atoms. The van der Waals surface area contributed by atoms with E-state index in [0.717, 1.165) is 42.4 Å². The van der Waals surface area contributed by atoms with Crippen molar-refractivity contribution < 1.29 is 0 Å². The summed E-state index contributed by atoms with van der Waals surface area (Å²) in [7, 11) is 2.21. The molecule has 39 heavy (non-hydrogen) atoms. The number of hydrogen-bond donors (Lipinski definition) is 1. The summed E-state index contributed by atoms with van der Waals surface area (Å²) >= 11 is 12.4. The number of imidazole rings is 1. The highest BCUT2D eigenvalue weighted by atomic mass is 35.5. The lowest BCUT2D eigenvalue weighted by molar-refractivity contribution is 0.153. The lowest BCUT2D eigenvalue weighted by Crippen LogP contribution is -2.45. The van der Waals surface area contributed by atoms with Crippen molar-refractivity contribution >= 4 is 40.2 Å². The Bertz CT molecular complexity index is 1110. The molecule has 1 saturated carbocycles. The van der Waals surface area contributed by atoms with Crippen LogP contribution in [-0.4, -0.2) is 72.1 Å². The van der Waals surface area contributed by atoms with Crippen LogP contribution in [0.2, 0.25) is 10.0 Å². The van der Waals surface area contributed by atoms with Crippen LogP contribution in [0.25, 0.3) is 11.0 Å². The Labute approximate surface area is 245 Å². The molecule has 2 atom stereocenters. The SMILES string of the molecule is C.CC.CC1CC[C@@H](N(CCCN2CCN(C)CC2)c2nc3cc(Cl)c(Cl)cc3[nH]2)C1.N#Cc1ccccc1. The van der Waals surface area contributed by atoms with Gasteiger partial charge >= 0.3 is 0 Å². The van der Waals surface area contributed by atoms with Gasteiger partial charge in [0.15, 0.2) is 0 Å². The number of piperazine rings is 1. The Morgan fingerprint density at radius 1 is 1.05 bits per heavy atom. The van der Waals surface area contributed by atoms with E-state index in [9.17, 15) is 0 Å². The Hall–Kier alpha value is -2.30. The summed E-state index contributed by atoms with van der Waals surface area (Å²) in [5.41, 5.74) is 2.56. The second kappa shape index (κ2) is 16.7. The highest BCUT2D eigenvalue weighted by Gasteiger charge is 2.29. The van der Waals surface area contributed by atoms with Crippen LogP contribution in [0, 0.1) is 17.2 Å². The Kier molecular flexibility index (Phi) is 14.1. The average Bonchev–Trinajstić information content (AvgIpc) is 3.55. The molecular formula is C31H46Cl2N6. The molecule has 2 aromatic carbocycles. The highest BCUT2D eigenvalue weighted by molar-refractivity contribution is 6.42. The summed E-state index contributed by atoms with van der Waals surface area (Å²) in [5, 5.41) is 9.42. The van der Waals surface area contributed by atoms with E-state index in [4.69, 9.17) is 33.4 Å². The first kappa shape index (κ1) is 32.9. The molecule has 3 aromatic rings. The average molecular weight is 574 g/mol. The van der Waals surface area contributed by atoms with Crippen molar-refractivity contribution in [2.45, 2.75) is 59.9 Å². The summed E-state index contributed by atoms with van der Waals surface area (Å²) in [6, 6.07) is 15.5. The maximum atomic E-state index is 8.29. The smallest absolute Gasteiger partial charge is 0.204 e. The monoisotopic (exact) mass is 572 g/mol. The normalized spacial score (nSPS) is 19.2. The van der Waals surface area contributed by atoms with Gasteiger partial charge < -0.3 is 19.7 Å². The number of aromatic amines is 1. The largest absolute Gasteiger partial charge is 0.339 e. The van der Waals surface area contributed by atoms with Gasteiger partial charge in [-0.15, -0.1) is 0 Å². The number of hydrogen-bond acceptors (Lipinski definition) is 5. The zero-order chi connectivity index (χ0) is 27.5. The minimum absolute atomic E-state index is 0. The van der Waals surface area contributed by atoms with Crippen molar-refractivity contribution in [3.05, 3.63) is 58.1 Å². The molecule has 2 fully saturated rings. The summed E-state index contributed by atoms with van der Waals surface area (Å²) in [6.45, 7) is 13.3.